The zero-order valence-corrected chi connectivity index (χ0v) is 12.1. The van der Waals surface area contributed by atoms with E-state index >= 15 is 0 Å². The highest BCUT2D eigenvalue weighted by Crippen LogP contribution is 2.10. The minimum Gasteiger partial charge on any atom is -0.309 e. The molecular formula is C13H15N5OS. The number of nitrogens with zero attached hydrogens (tertiary/aromatic N) is 4. The van der Waals surface area contributed by atoms with Crippen molar-refractivity contribution in [3.63, 3.8) is 0 Å². The van der Waals surface area contributed by atoms with Crippen molar-refractivity contribution in [3.8, 4) is 0 Å². The van der Waals surface area contributed by atoms with Crippen LogP contribution in [0.15, 0.2) is 27.8 Å². The predicted molar refractivity (Wildman–Crippen MR) is 78.6 cm³/mol. The van der Waals surface area contributed by atoms with Crippen LogP contribution < -0.4 is 5.56 Å². The van der Waals surface area contributed by atoms with Gasteiger partial charge in [-0.25, -0.2) is 4.98 Å². The standard InChI is InChI=1S/C13H15N5OS/c1-17(6-9-3-4-20-8-9)7-11-15-12-10(13(19)16-11)5-14-18(12)2/h3-5,8H,6-7H2,1-2H3,(H,15,16,19). The lowest BCUT2D eigenvalue weighted by Gasteiger charge is -2.14. The molecule has 3 rings (SSSR count). The molecule has 0 aliphatic rings. The molecule has 0 fully saturated rings. The van der Waals surface area contributed by atoms with E-state index in [0.717, 1.165) is 6.54 Å². The molecule has 20 heavy (non-hydrogen) atoms. The second-order valence-electron chi connectivity index (χ2n) is 4.82. The smallest absolute Gasteiger partial charge is 0.262 e. The van der Waals surface area contributed by atoms with Gasteiger partial charge >= 0.3 is 0 Å². The van der Waals surface area contributed by atoms with Gasteiger partial charge in [-0.05, 0) is 29.4 Å². The van der Waals surface area contributed by atoms with E-state index in [2.05, 4.69) is 36.8 Å². The Hall–Kier alpha value is -1.99. The first kappa shape index (κ1) is 13.0. The molecule has 0 amide bonds. The number of aromatic nitrogens is 4. The minimum atomic E-state index is -0.137. The third-order valence-electron chi connectivity index (χ3n) is 3.10. The second-order valence-corrected chi connectivity index (χ2v) is 5.60. The van der Waals surface area contributed by atoms with Gasteiger partial charge in [-0.15, -0.1) is 0 Å². The van der Waals surface area contributed by atoms with Crippen molar-refractivity contribution in [3.05, 3.63) is 44.8 Å². The highest BCUT2D eigenvalue weighted by Gasteiger charge is 2.10. The first-order chi connectivity index (χ1) is 9.63. The van der Waals surface area contributed by atoms with Gasteiger partial charge in [-0.1, -0.05) is 0 Å². The summed E-state index contributed by atoms with van der Waals surface area (Å²) >= 11 is 1.68. The fourth-order valence-electron chi connectivity index (χ4n) is 2.16. The first-order valence-corrected chi connectivity index (χ1v) is 7.18. The molecule has 0 aliphatic carbocycles. The molecule has 7 heteroatoms. The number of aromatic amines is 1. The highest BCUT2D eigenvalue weighted by molar-refractivity contribution is 7.07. The van der Waals surface area contributed by atoms with Gasteiger partial charge in [0.1, 0.15) is 11.2 Å². The summed E-state index contributed by atoms with van der Waals surface area (Å²) in [5, 5.41) is 8.77. The maximum atomic E-state index is 11.9. The van der Waals surface area contributed by atoms with Crippen LogP contribution in [0.3, 0.4) is 0 Å². The number of fused-ring (bicyclic) bond motifs is 1. The molecule has 3 heterocycles. The Labute approximate surface area is 119 Å². The lowest BCUT2D eigenvalue weighted by Crippen LogP contribution is -2.21. The summed E-state index contributed by atoms with van der Waals surface area (Å²) in [7, 11) is 3.79. The lowest BCUT2D eigenvalue weighted by atomic mass is 10.3. The molecule has 0 bridgehead atoms. The number of hydrogen-bond donors (Lipinski definition) is 1. The van der Waals surface area contributed by atoms with E-state index in [0.29, 0.717) is 23.4 Å². The molecule has 0 saturated carbocycles. The maximum Gasteiger partial charge on any atom is 0.262 e. The molecule has 6 nitrogen and oxygen atoms in total. The number of nitrogens with one attached hydrogen (secondary N) is 1. The first-order valence-electron chi connectivity index (χ1n) is 6.24. The van der Waals surface area contributed by atoms with Gasteiger partial charge in [0, 0.05) is 13.6 Å². The average molecular weight is 289 g/mol. The Kier molecular flexibility index (Phi) is 3.37. The van der Waals surface area contributed by atoms with Gasteiger partial charge in [-0.2, -0.15) is 16.4 Å². The Bertz CT molecular complexity index is 774. The molecule has 0 atom stereocenters. The Balaban J connectivity index is 1.83. The summed E-state index contributed by atoms with van der Waals surface area (Å²) in [6.07, 6.45) is 1.54. The fourth-order valence-corrected chi connectivity index (χ4v) is 2.82. The Morgan fingerprint density at radius 3 is 3.05 bits per heavy atom. The molecule has 0 aromatic carbocycles. The van der Waals surface area contributed by atoms with Crippen molar-refractivity contribution < 1.29 is 0 Å². The van der Waals surface area contributed by atoms with Crippen LogP contribution in [0, 0.1) is 0 Å². The van der Waals surface area contributed by atoms with Crippen LogP contribution in [-0.4, -0.2) is 31.7 Å². The number of rotatable bonds is 4. The van der Waals surface area contributed by atoms with Crippen LogP contribution in [-0.2, 0) is 20.1 Å². The fraction of sp³-hybridized carbons (Fsp3) is 0.308. The van der Waals surface area contributed by atoms with Gasteiger partial charge in [0.2, 0.25) is 0 Å². The molecule has 0 unspecified atom stereocenters. The second kappa shape index (κ2) is 5.18. The Morgan fingerprint density at radius 2 is 2.30 bits per heavy atom. The maximum absolute atomic E-state index is 11.9. The summed E-state index contributed by atoms with van der Waals surface area (Å²) in [5.41, 5.74) is 1.75. The number of hydrogen-bond acceptors (Lipinski definition) is 5. The minimum absolute atomic E-state index is 0.137. The molecule has 0 radical (unpaired) electrons. The van der Waals surface area contributed by atoms with Crippen molar-refractivity contribution in [2.24, 2.45) is 7.05 Å². The summed E-state index contributed by atoms with van der Waals surface area (Å²) in [4.78, 5) is 21.3. The van der Waals surface area contributed by atoms with E-state index < -0.39 is 0 Å². The lowest BCUT2D eigenvalue weighted by molar-refractivity contribution is 0.311. The normalized spacial score (nSPS) is 11.6. The SMILES string of the molecule is CN(Cc1ccsc1)Cc1nc2c(cnn2C)c(=O)[nH]1. The third-order valence-corrected chi connectivity index (χ3v) is 3.84. The molecule has 3 aromatic heterocycles. The molecule has 0 saturated heterocycles. The van der Waals surface area contributed by atoms with Crippen LogP contribution in [0.25, 0.3) is 11.0 Å². The number of H-pyrrole nitrogens is 1. The van der Waals surface area contributed by atoms with Gasteiger partial charge in [-0.3, -0.25) is 14.4 Å². The highest BCUT2D eigenvalue weighted by atomic mass is 32.1. The Morgan fingerprint density at radius 1 is 1.45 bits per heavy atom. The summed E-state index contributed by atoms with van der Waals surface area (Å²) in [6.45, 7) is 1.42. The zero-order chi connectivity index (χ0) is 14.1. The molecule has 0 aliphatic heterocycles. The van der Waals surface area contributed by atoms with Crippen molar-refractivity contribution in [1.29, 1.82) is 0 Å². The summed E-state index contributed by atoms with van der Waals surface area (Å²) in [5.74, 6) is 0.656. The summed E-state index contributed by atoms with van der Waals surface area (Å²) in [6, 6.07) is 2.10. The van der Waals surface area contributed by atoms with Crippen molar-refractivity contribution in [2.45, 2.75) is 13.1 Å². The molecule has 1 N–H and O–H groups in total. The van der Waals surface area contributed by atoms with Gasteiger partial charge in [0.05, 0.1) is 12.7 Å². The number of thiophene rings is 1. The van der Waals surface area contributed by atoms with Gasteiger partial charge < -0.3 is 4.98 Å². The van der Waals surface area contributed by atoms with E-state index in [9.17, 15) is 4.79 Å². The van der Waals surface area contributed by atoms with Crippen molar-refractivity contribution >= 4 is 22.4 Å². The van der Waals surface area contributed by atoms with Crippen molar-refractivity contribution in [2.75, 3.05) is 7.05 Å². The quantitative estimate of drug-likeness (QED) is 0.787. The van der Waals surface area contributed by atoms with E-state index in [-0.39, 0.29) is 5.56 Å². The largest absolute Gasteiger partial charge is 0.309 e. The summed E-state index contributed by atoms with van der Waals surface area (Å²) < 4.78 is 1.62. The average Bonchev–Trinajstić information content (AvgIpc) is 3.00. The van der Waals surface area contributed by atoms with Gasteiger partial charge in [0.15, 0.2) is 5.65 Å². The van der Waals surface area contributed by atoms with Crippen LogP contribution in [0.4, 0.5) is 0 Å². The van der Waals surface area contributed by atoms with E-state index in [1.807, 2.05) is 7.05 Å². The molecule has 3 aromatic rings. The molecule has 104 valence electrons. The van der Waals surface area contributed by atoms with E-state index in [1.54, 1.807) is 29.3 Å². The van der Waals surface area contributed by atoms with Crippen LogP contribution in [0.5, 0.6) is 0 Å². The third kappa shape index (κ3) is 2.50. The zero-order valence-electron chi connectivity index (χ0n) is 11.3. The van der Waals surface area contributed by atoms with E-state index in [1.165, 1.54) is 5.56 Å². The van der Waals surface area contributed by atoms with Crippen LogP contribution in [0.1, 0.15) is 11.4 Å². The van der Waals surface area contributed by atoms with E-state index in [4.69, 9.17) is 0 Å². The van der Waals surface area contributed by atoms with Gasteiger partial charge in [0.25, 0.3) is 5.56 Å². The number of aryl methyl sites for hydroxylation is 1. The predicted octanol–water partition coefficient (Wildman–Crippen LogP) is 1.35. The topological polar surface area (TPSA) is 66.8 Å². The van der Waals surface area contributed by atoms with Crippen LogP contribution in [0.2, 0.25) is 0 Å². The molecular weight excluding hydrogens is 274 g/mol. The molecule has 0 spiro atoms. The van der Waals surface area contributed by atoms with Crippen LogP contribution >= 0.6 is 11.3 Å². The monoisotopic (exact) mass is 289 g/mol. The van der Waals surface area contributed by atoms with Crippen molar-refractivity contribution in [1.82, 2.24) is 24.6 Å².